The van der Waals surface area contributed by atoms with Crippen molar-refractivity contribution < 1.29 is 37.5 Å². The third-order valence-corrected chi connectivity index (χ3v) is 11.6. The Hall–Kier alpha value is -2.62. The lowest BCUT2D eigenvalue weighted by molar-refractivity contribution is -0.176. The summed E-state index contributed by atoms with van der Waals surface area (Å²) in [7, 11) is 0. The lowest BCUT2D eigenvalue weighted by Gasteiger charge is -2.39. The summed E-state index contributed by atoms with van der Waals surface area (Å²) in [5.74, 6) is -4.96. The van der Waals surface area contributed by atoms with E-state index >= 15 is 0 Å². The number of nitrogens with one attached hydrogen (secondary N) is 3. The van der Waals surface area contributed by atoms with E-state index in [4.69, 9.17) is 11.6 Å². The number of benzene rings is 1. The molecule has 252 valence electrons. The van der Waals surface area contributed by atoms with Crippen molar-refractivity contribution in [1.82, 2.24) is 25.8 Å². The number of nitrogens with zero attached hydrogens (tertiary/aromatic N) is 2. The number of fused-ring (bicyclic) bond motifs is 2. The number of hydrogen-bond acceptors (Lipinski definition) is 8. The molecule has 2 aromatic rings. The molecule has 2 saturated heterocycles. The predicted octanol–water partition coefficient (Wildman–Crippen LogP) is 3.61. The molecule has 0 unspecified atom stereocenters. The van der Waals surface area contributed by atoms with Gasteiger partial charge in [-0.25, -0.2) is 4.98 Å². The Morgan fingerprint density at radius 1 is 1.24 bits per heavy atom. The molecule has 1 saturated carbocycles. The molecule has 16 heteroatoms. The van der Waals surface area contributed by atoms with Gasteiger partial charge in [0.25, 0.3) is 0 Å². The van der Waals surface area contributed by atoms with Gasteiger partial charge in [-0.05, 0) is 53.7 Å². The molecule has 3 fully saturated rings. The van der Waals surface area contributed by atoms with Crippen LogP contribution in [0.25, 0.3) is 10.2 Å². The molecule has 10 nitrogen and oxygen atoms in total. The molecule has 3 aliphatic rings. The predicted molar refractivity (Wildman–Crippen MR) is 169 cm³/mol. The highest BCUT2D eigenvalue weighted by atomic mass is 35.5. The van der Waals surface area contributed by atoms with E-state index in [0.29, 0.717) is 28.2 Å². The van der Waals surface area contributed by atoms with Crippen LogP contribution in [-0.2, 0) is 24.1 Å². The van der Waals surface area contributed by atoms with Gasteiger partial charge in [0.15, 0.2) is 4.93 Å². The van der Waals surface area contributed by atoms with Crippen molar-refractivity contribution in [2.24, 2.45) is 28.6 Å². The highest BCUT2D eigenvalue weighted by Gasteiger charge is 2.70. The number of carbonyl (C=O) groups excluding carboxylic acids is 4. The molecule has 4 amide bonds. The molecular formula is C30H37ClF3N5O5S2. The number of likely N-dealkylation sites (tertiary alicyclic amines) is 1. The maximum absolute atomic E-state index is 14.2. The van der Waals surface area contributed by atoms with Gasteiger partial charge in [0, 0.05) is 24.0 Å². The van der Waals surface area contributed by atoms with Crippen LogP contribution in [0.1, 0.15) is 52.5 Å². The number of thiazole rings is 1. The smallest absolute Gasteiger partial charge is 0.371 e. The number of aliphatic hydroxyl groups is 1. The summed E-state index contributed by atoms with van der Waals surface area (Å²) < 4.78 is 40.4. The molecular weight excluding hydrogens is 667 g/mol. The van der Waals surface area contributed by atoms with Crippen LogP contribution in [0.2, 0.25) is 5.02 Å². The van der Waals surface area contributed by atoms with Crippen LogP contribution in [0.15, 0.2) is 18.2 Å². The third-order valence-electron chi connectivity index (χ3n) is 9.56. The molecule has 4 N–H and O–H groups in total. The molecule has 0 spiro atoms. The number of rotatable bonds is 8. The molecule has 5 rings (SSSR count). The minimum atomic E-state index is -5.21. The Morgan fingerprint density at radius 3 is 2.50 bits per heavy atom. The lowest BCUT2D eigenvalue weighted by Crippen LogP contribution is -2.61. The minimum absolute atomic E-state index is 0.00132. The van der Waals surface area contributed by atoms with Gasteiger partial charge in [0.05, 0.1) is 16.3 Å². The van der Waals surface area contributed by atoms with Crippen LogP contribution >= 0.6 is 35.6 Å². The van der Waals surface area contributed by atoms with Crippen LogP contribution in [0.5, 0.6) is 0 Å². The summed E-state index contributed by atoms with van der Waals surface area (Å²) >= 11 is 11.9. The number of thiol groups is 1. The number of amides is 4. The van der Waals surface area contributed by atoms with E-state index in [0.717, 1.165) is 11.3 Å². The Balaban J connectivity index is 1.47. The molecule has 1 aromatic heterocycles. The van der Waals surface area contributed by atoms with E-state index in [-0.39, 0.29) is 41.1 Å². The van der Waals surface area contributed by atoms with Crippen molar-refractivity contribution in [1.29, 1.82) is 0 Å². The van der Waals surface area contributed by atoms with Gasteiger partial charge in [0.1, 0.15) is 17.1 Å². The van der Waals surface area contributed by atoms with E-state index in [2.05, 4.69) is 28.2 Å². The zero-order valence-corrected chi connectivity index (χ0v) is 28.3. The number of aromatic nitrogens is 1. The van der Waals surface area contributed by atoms with Crippen LogP contribution in [0.4, 0.5) is 13.2 Å². The summed E-state index contributed by atoms with van der Waals surface area (Å²) in [4.78, 5) is 56.4. The second kappa shape index (κ2) is 11.8. The largest absolute Gasteiger partial charge is 0.471 e. The molecule has 0 bridgehead atoms. The molecule has 7 atom stereocenters. The van der Waals surface area contributed by atoms with Crippen molar-refractivity contribution in [2.75, 3.05) is 13.1 Å². The quantitative estimate of drug-likeness (QED) is 0.210. The first-order chi connectivity index (χ1) is 21.1. The van der Waals surface area contributed by atoms with Gasteiger partial charge >= 0.3 is 12.1 Å². The zero-order valence-electron chi connectivity index (χ0n) is 25.9. The fourth-order valence-corrected chi connectivity index (χ4v) is 8.30. The molecule has 0 radical (unpaired) electrons. The number of hydrogen-bond donors (Lipinski definition) is 5. The second-order valence-corrected chi connectivity index (χ2v) is 16.2. The highest BCUT2D eigenvalue weighted by Crippen LogP contribution is 2.65. The van der Waals surface area contributed by atoms with E-state index in [1.54, 1.807) is 18.2 Å². The molecule has 46 heavy (non-hydrogen) atoms. The average molecular weight is 704 g/mol. The van der Waals surface area contributed by atoms with Crippen molar-refractivity contribution in [3.8, 4) is 0 Å². The number of halogens is 4. The third kappa shape index (κ3) is 6.44. The van der Waals surface area contributed by atoms with Crippen LogP contribution < -0.4 is 16.0 Å². The van der Waals surface area contributed by atoms with Crippen molar-refractivity contribution in [3.05, 3.63) is 28.2 Å². The Morgan fingerprint density at radius 2 is 1.91 bits per heavy atom. The standard InChI is InChI=1S/C30H37ClF3N5O5S2/c1-27(2,3)21(38-25(43)30(32,33)34)24(42)39-12-15-19(28(15,4)5)20(39)23(41)37-18(10-13-8-9-35-22(13)40)29(44,45)26-36-16-11-14(31)6-7-17(16)46-26/h6-7,11,13,15,18-21,44-45H,8-10,12H2,1-5H3,(H,35,40)(H,37,41)(H,38,43)/t13-,15-,18-,19-,20-,21+,29+/m0/s1. The minimum Gasteiger partial charge on any atom is -0.371 e. The highest BCUT2D eigenvalue weighted by molar-refractivity contribution is 7.81. The topological polar surface area (TPSA) is 141 Å². The van der Waals surface area contributed by atoms with E-state index < -0.39 is 58.3 Å². The Labute approximate surface area is 278 Å². The maximum atomic E-state index is 14.2. The first kappa shape index (κ1) is 34.7. The number of carbonyl (C=O) groups is 4. The Bertz CT molecular complexity index is 1580. The van der Waals surface area contributed by atoms with Gasteiger partial charge < -0.3 is 26.0 Å². The number of piperidine rings is 1. The normalized spacial score (nSPS) is 26.6. The van der Waals surface area contributed by atoms with Crippen molar-refractivity contribution >= 4 is 69.4 Å². The van der Waals surface area contributed by atoms with Gasteiger partial charge in [-0.3, -0.25) is 19.2 Å². The number of alkyl halides is 3. The van der Waals surface area contributed by atoms with E-state index in [9.17, 15) is 37.5 Å². The van der Waals surface area contributed by atoms with Crippen molar-refractivity contribution in [2.45, 2.75) is 76.7 Å². The summed E-state index contributed by atoms with van der Waals surface area (Å²) in [6.45, 7) is 8.99. The summed E-state index contributed by atoms with van der Waals surface area (Å²) in [5.41, 5.74) is -0.968. The van der Waals surface area contributed by atoms with Crippen LogP contribution in [0.3, 0.4) is 0 Å². The summed E-state index contributed by atoms with van der Waals surface area (Å²) in [5, 5.41) is 19.9. The first-order valence-electron chi connectivity index (χ1n) is 14.9. The fourth-order valence-electron chi connectivity index (χ4n) is 6.78. The average Bonchev–Trinajstić information content (AvgIpc) is 3.44. The SMILES string of the molecule is CC(C)(C)[C@H](NC(=O)C(F)(F)F)C(=O)N1C[C@H]2[C@@H]([C@H]1C(=O)N[C@@H](C[C@@H]1CCNC1=O)[C@@](O)(S)c1nc3cc(Cl)ccc3s1)C2(C)C. The molecule has 1 aliphatic carbocycles. The van der Waals surface area contributed by atoms with Crippen LogP contribution in [-0.4, -0.2) is 76.0 Å². The fraction of sp³-hybridized carbons (Fsp3) is 0.633. The Kier molecular flexibility index (Phi) is 8.91. The van der Waals surface area contributed by atoms with Gasteiger partial charge in [-0.15, -0.1) is 24.0 Å². The monoisotopic (exact) mass is 703 g/mol. The van der Waals surface area contributed by atoms with E-state index in [1.807, 2.05) is 19.2 Å². The molecule has 2 aliphatic heterocycles. The lowest BCUT2D eigenvalue weighted by atomic mass is 9.85. The van der Waals surface area contributed by atoms with Gasteiger partial charge in [0.2, 0.25) is 17.7 Å². The molecule has 1 aromatic carbocycles. The maximum Gasteiger partial charge on any atom is 0.471 e. The van der Waals surface area contributed by atoms with Crippen molar-refractivity contribution in [3.63, 3.8) is 0 Å². The van der Waals surface area contributed by atoms with E-state index in [1.165, 1.54) is 25.7 Å². The first-order valence-corrected chi connectivity index (χ1v) is 16.6. The van der Waals surface area contributed by atoms with Gasteiger partial charge in [-0.2, -0.15) is 13.2 Å². The zero-order chi connectivity index (χ0) is 34.1. The van der Waals surface area contributed by atoms with Crippen LogP contribution in [0, 0.1) is 28.6 Å². The second-order valence-electron chi connectivity index (χ2n) is 14.1. The summed E-state index contributed by atoms with van der Waals surface area (Å²) in [6.07, 6.45) is -4.75. The molecule has 3 heterocycles. The van der Waals surface area contributed by atoms with Gasteiger partial charge in [-0.1, -0.05) is 46.2 Å². The summed E-state index contributed by atoms with van der Waals surface area (Å²) in [6, 6.07) is 1.19.